The number of aliphatic hydroxyl groups excluding tert-OH is 1. The van der Waals surface area contributed by atoms with Crippen LogP contribution >= 0.6 is 0 Å². The summed E-state index contributed by atoms with van der Waals surface area (Å²) in [6.45, 7) is 2.37. The largest absolute Gasteiger partial charge is 0.489 e. The average molecular weight is 371 g/mol. The van der Waals surface area contributed by atoms with E-state index < -0.39 is 12.1 Å². The molecule has 144 valence electrons. The third-order valence-electron chi connectivity index (χ3n) is 3.93. The topological polar surface area (TPSA) is 76.1 Å². The van der Waals surface area contributed by atoms with Crippen LogP contribution in [0.4, 0.5) is 0 Å². The SMILES string of the molecule is COC(=O)CCN(CC(C)O)C(=O)c1ccc(OCc2ccccc2)cc1. The second-order valence-electron chi connectivity index (χ2n) is 6.22. The summed E-state index contributed by atoms with van der Waals surface area (Å²) in [6, 6.07) is 16.6. The van der Waals surface area contributed by atoms with Crippen molar-refractivity contribution in [3.8, 4) is 5.75 Å². The molecule has 1 unspecified atom stereocenters. The molecule has 0 radical (unpaired) electrons. The highest BCUT2D eigenvalue weighted by Gasteiger charge is 2.19. The first-order valence-electron chi connectivity index (χ1n) is 8.80. The molecule has 0 spiro atoms. The van der Waals surface area contributed by atoms with Crippen molar-refractivity contribution in [1.82, 2.24) is 4.90 Å². The van der Waals surface area contributed by atoms with Gasteiger partial charge in [0.15, 0.2) is 0 Å². The quantitative estimate of drug-likeness (QED) is 0.686. The summed E-state index contributed by atoms with van der Waals surface area (Å²) in [5.41, 5.74) is 1.52. The molecular formula is C21H25NO5. The number of rotatable bonds is 9. The molecule has 0 aliphatic heterocycles. The molecule has 0 aromatic heterocycles. The maximum absolute atomic E-state index is 12.7. The van der Waals surface area contributed by atoms with E-state index in [1.807, 2.05) is 30.3 Å². The molecule has 2 aromatic rings. The van der Waals surface area contributed by atoms with Gasteiger partial charge in [0.25, 0.3) is 5.91 Å². The first-order valence-corrected chi connectivity index (χ1v) is 8.80. The Morgan fingerprint density at radius 3 is 2.33 bits per heavy atom. The molecule has 0 fully saturated rings. The zero-order valence-electron chi connectivity index (χ0n) is 15.6. The molecule has 6 heteroatoms. The second-order valence-corrected chi connectivity index (χ2v) is 6.22. The van der Waals surface area contributed by atoms with Crippen LogP contribution in [0.15, 0.2) is 54.6 Å². The molecule has 1 N–H and O–H groups in total. The number of hydrogen-bond acceptors (Lipinski definition) is 5. The van der Waals surface area contributed by atoms with Gasteiger partial charge in [-0.3, -0.25) is 9.59 Å². The van der Waals surface area contributed by atoms with Gasteiger partial charge in [0, 0.05) is 18.7 Å². The molecule has 2 aromatic carbocycles. The van der Waals surface area contributed by atoms with Crippen molar-refractivity contribution in [2.75, 3.05) is 20.2 Å². The summed E-state index contributed by atoms with van der Waals surface area (Å²) in [6.07, 6.45) is -0.618. The van der Waals surface area contributed by atoms with Crippen molar-refractivity contribution in [3.63, 3.8) is 0 Å². The van der Waals surface area contributed by atoms with E-state index in [1.54, 1.807) is 31.2 Å². The maximum Gasteiger partial charge on any atom is 0.307 e. The molecule has 0 aliphatic rings. The highest BCUT2D eigenvalue weighted by Crippen LogP contribution is 2.16. The minimum Gasteiger partial charge on any atom is -0.489 e. The average Bonchev–Trinajstić information content (AvgIpc) is 2.69. The number of ether oxygens (including phenoxy) is 2. The summed E-state index contributed by atoms with van der Waals surface area (Å²) in [7, 11) is 1.30. The molecule has 0 bridgehead atoms. The Labute approximate surface area is 159 Å². The molecule has 1 atom stereocenters. The lowest BCUT2D eigenvalue weighted by molar-refractivity contribution is -0.140. The fraction of sp³-hybridized carbons (Fsp3) is 0.333. The van der Waals surface area contributed by atoms with Crippen LogP contribution in [0.5, 0.6) is 5.75 Å². The minimum absolute atomic E-state index is 0.0766. The summed E-state index contributed by atoms with van der Waals surface area (Å²) < 4.78 is 10.3. The molecule has 0 saturated heterocycles. The number of aliphatic hydroxyl groups is 1. The Morgan fingerprint density at radius 2 is 1.74 bits per heavy atom. The summed E-state index contributed by atoms with van der Waals surface area (Å²) in [5, 5.41) is 9.63. The van der Waals surface area contributed by atoms with Crippen LogP contribution in [-0.4, -0.2) is 48.2 Å². The van der Waals surface area contributed by atoms with Gasteiger partial charge in [-0.05, 0) is 36.8 Å². The van der Waals surface area contributed by atoms with Crippen LogP contribution in [-0.2, 0) is 16.1 Å². The molecule has 0 saturated carbocycles. The molecule has 6 nitrogen and oxygen atoms in total. The van der Waals surface area contributed by atoms with E-state index >= 15 is 0 Å². The van der Waals surface area contributed by atoms with Crippen LogP contribution in [0.25, 0.3) is 0 Å². The van der Waals surface area contributed by atoms with Crippen molar-refractivity contribution in [2.45, 2.75) is 26.1 Å². The molecule has 2 rings (SSSR count). The minimum atomic E-state index is -0.694. The zero-order valence-corrected chi connectivity index (χ0v) is 15.6. The van der Waals surface area contributed by atoms with Gasteiger partial charge in [0.05, 0.1) is 19.6 Å². The van der Waals surface area contributed by atoms with Crippen molar-refractivity contribution in [2.24, 2.45) is 0 Å². The lowest BCUT2D eigenvalue weighted by atomic mass is 10.1. The predicted octanol–water partition coefficient (Wildman–Crippen LogP) is 2.65. The fourth-order valence-electron chi connectivity index (χ4n) is 2.54. The van der Waals surface area contributed by atoms with E-state index in [9.17, 15) is 14.7 Å². The van der Waals surface area contributed by atoms with E-state index in [-0.39, 0.29) is 25.4 Å². The van der Waals surface area contributed by atoms with Gasteiger partial charge >= 0.3 is 5.97 Å². The number of carbonyl (C=O) groups is 2. The van der Waals surface area contributed by atoms with Gasteiger partial charge in [-0.25, -0.2) is 0 Å². The highest BCUT2D eigenvalue weighted by atomic mass is 16.5. The molecule has 1 amide bonds. The Kier molecular flexibility index (Phi) is 7.82. The number of benzene rings is 2. The van der Waals surface area contributed by atoms with E-state index in [1.165, 1.54) is 12.0 Å². The number of nitrogens with zero attached hydrogens (tertiary/aromatic N) is 1. The molecule has 0 heterocycles. The van der Waals surface area contributed by atoms with Gasteiger partial charge < -0.3 is 19.5 Å². The smallest absolute Gasteiger partial charge is 0.307 e. The van der Waals surface area contributed by atoms with Crippen LogP contribution < -0.4 is 4.74 Å². The van der Waals surface area contributed by atoms with Crippen LogP contribution in [0.2, 0.25) is 0 Å². The standard InChI is InChI=1S/C21H25NO5/c1-16(23)14-22(13-12-20(24)26-2)21(25)18-8-10-19(11-9-18)27-15-17-6-4-3-5-7-17/h3-11,16,23H,12-15H2,1-2H3. The Balaban J connectivity index is 1.99. The van der Waals surface area contributed by atoms with Crippen molar-refractivity contribution in [3.05, 3.63) is 65.7 Å². The third kappa shape index (κ3) is 6.75. The molecule has 0 aliphatic carbocycles. The van der Waals surface area contributed by atoms with Gasteiger partial charge in [-0.2, -0.15) is 0 Å². The zero-order chi connectivity index (χ0) is 19.6. The van der Waals surface area contributed by atoms with E-state index in [0.717, 1.165) is 5.56 Å². The van der Waals surface area contributed by atoms with E-state index in [2.05, 4.69) is 4.74 Å². The van der Waals surface area contributed by atoms with Gasteiger partial charge in [-0.1, -0.05) is 30.3 Å². The van der Waals surface area contributed by atoms with Crippen molar-refractivity contribution < 1.29 is 24.2 Å². The van der Waals surface area contributed by atoms with Gasteiger partial charge in [0.2, 0.25) is 0 Å². The summed E-state index contributed by atoms with van der Waals surface area (Å²) >= 11 is 0. The Morgan fingerprint density at radius 1 is 1.07 bits per heavy atom. The Hall–Kier alpha value is -2.86. The first-order chi connectivity index (χ1) is 13.0. The van der Waals surface area contributed by atoms with Crippen LogP contribution in [0, 0.1) is 0 Å². The molecule has 27 heavy (non-hydrogen) atoms. The number of amides is 1. The van der Waals surface area contributed by atoms with Crippen molar-refractivity contribution >= 4 is 11.9 Å². The predicted molar refractivity (Wildman–Crippen MR) is 101 cm³/mol. The lowest BCUT2D eigenvalue weighted by Crippen LogP contribution is -2.38. The normalized spacial score (nSPS) is 11.5. The van der Waals surface area contributed by atoms with E-state index in [0.29, 0.717) is 17.9 Å². The number of methoxy groups -OCH3 is 1. The van der Waals surface area contributed by atoms with Crippen molar-refractivity contribution in [1.29, 1.82) is 0 Å². The first kappa shape index (κ1) is 20.5. The molecular weight excluding hydrogens is 346 g/mol. The number of hydrogen-bond donors (Lipinski definition) is 1. The van der Waals surface area contributed by atoms with Crippen LogP contribution in [0.3, 0.4) is 0 Å². The Bertz CT molecular complexity index is 728. The number of esters is 1. The maximum atomic E-state index is 12.7. The lowest BCUT2D eigenvalue weighted by Gasteiger charge is -2.23. The second kappa shape index (κ2) is 10.3. The number of carbonyl (C=O) groups excluding carboxylic acids is 2. The van der Waals surface area contributed by atoms with Gasteiger partial charge in [0.1, 0.15) is 12.4 Å². The summed E-state index contributed by atoms with van der Waals surface area (Å²) in [5.74, 6) is 0.00417. The fourth-order valence-corrected chi connectivity index (χ4v) is 2.54. The third-order valence-corrected chi connectivity index (χ3v) is 3.93. The summed E-state index contributed by atoms with van der Waals surface area (Å²) in [4.78, 5) is 25.5. The monoisotopic (exact) mass is 371 g/mol. The van der Waals surface area contributed by atoms with E-state index in [4.69, 9.17) is 4.74 Å². The van der Waals surface area contributed by atoms with Gasteiger partial charge in [-0.15, -0.1) is 0 Å². The van der Waals surface area contributed by atoms with Crippen LogP contribution in [0.1, 0.15) is 29.3 Å². The highest BCUT2D eigenvalue weighted by molar-refractivity contribution is 5.94.